The van der Waals surface area contributed by atoms with E-state index in [9.17, 15) is 9.59 Å². The molecule has 0 saturated carbocycles. The fourth-order valence-electron chi connectivity index (χ4n) is 0.887. The predicted molar refractivity (Wildman–Crippen MR) is 50.9 cm³/mol. The predicted octanol–water partition coefficient (Wildman–Crippen LogP) is 1.08. The molecule has 0 aliphatic heterocycles. The summed E-state index contributed by atoms with van der Waals surface area (Å²) < 4.78 is 9.24. The second-order valence-corrected chi connectivity index (χ2v) is 2.77. The zero-order valence-electron chi connectivity index (χ0n) is 8.67. The van der Waals surface area contributed by atoms with Gasteiger partial charge in [-0.3, -0.25) is 4.79 Å². The number of alkyl carbamates (subject to hydrolysis) is 1. The largest absolute Gasteiger partial charge is 0.469 e. The molecule has 1 N–H and O–H groups in total. The molecule has 0 bridgehead atoms. The second kappa shape index (κ2) is 8.34. The molecule has 14 heavy (non-hydrogen) atoms. The van der Waals surface area contributed by atoms with E-state index in [4.69, 9.17) is 4.74 Å². The number of ether oxygens (including phenoxy) is 2. The third-order valence-corrected chi connectivity index (χ3v) is 1.69. The van der Waals surface area contributed by atoms with Crippen molar-refractivity contribution in [2.75, 3.05) is 20.8 Å². The van der Waals surface area contributed by atoms with Crippen LogP contribution in [0.15, 0.2) is 0 Å². The molecule has 0 unspecified atom stereocenters. The number of carbonyl (C=O) groups is 2. The van der Waals surface area contributed by atoms with E-state index in [1.807, 2.05) is 0 Å². The van der Waals surface area contributed by atoms with Crippen molar-refractivity contribution in [3.8, 4) is 0 Å². The first-order valence-electron chi connectivity index (χ1n) is 4.62. The lowest BCUT2D eigenvalue weighted by atomic mass is 10.2. The number of rotatable bonds is 6. The molecule has 0 rings (SSSR count). The highest BCUT2D eigenvalue weighted by Crippen LogP contribution is 2.01. The van der Waals surface area contributed by atoms with Crippen molar-refractivity contribution in [3.63, 3.8) is 0 Å². The maximum atomic E-state index is 10.7. The molecule has 5 nitrogen and oxygen atoms in total. The lowest BCUT2D eigenvalue weighted by Crippen LogP contribution is -2.19. The normalized spacial score (nSPS) is 9.29. The van der Waals surface area contributed by atoms with Crippen LogP contribution in [0.3, 0.4) is 0 Å². The third kappa shape index (κ3) is 7.39. The second-order valence-electron chi connectivity index (χ2n) is 2.77. The monoisotopic (exact) mass is 203 g/mol. The van der Waals surface area contributed by atoms with Crippen molar-refractivity contribution >= 4 is 12.1 Å². The molecule has 0 radical (unpaired) electrons. The van der Waals surface area contributed by atoms with Gasteiger partial charge in [0.05, 0.1) is 13.7 Å². The van der Waals surface area contributed by atoms with Gasteiger partial charge in [0.1, 0.15) is 0 Å². The van der Waals surface area contributed by atoms with E-state index in [2.05, 4.69) is 10.1 Å². The Balaban J connectivity index is 3.14. The van der Waals surface area contributed by atoms with Gasteiger partial charge in [-0.1, -0.05) is 0 Å². The minimum absolute atomic E-state index is 0.197. The van der Waals surface area contributed by atoms with Crippen LogP contribution in [0.5, 0.6) is 0 Å². The minimum Gasteiger partial charge on any atom is -0.469 e. The van der Waals surface area contributed by atoms with Gasteiger partial charge in [-0.15, -0.1) is 0 Å². The molecular formula is C9H17NO4. The van der Waals surface area contributed by atoms with Crippen LogP contribution in [0.4, 0.5) is 4.79 Å². The van der Waals surface area contributed by atoms with E-state index in [1.54, 1.807) is 0 Å². The van der Waals surface area contributed by atoms with Crippen molar-refractivity contribution in [1.82, 2.24) is 5.32 Å². The molecule has 0 aliphatic rings. The fraction of sp³-hybridized carbons (Fsp3) is 0.778. The van der Waals surface area contributed by atoms with Gasteiger partial charge >= 0.3 is 12.1 Å². The van der Waals surface area contributed by atoms with Crippen LogP contribution >= 0.6 is 0 Å². The molecule has 0 atom stereocenters. The van der Waals surface area contributed by atoms with Crippen molar-refractivity contribution < 1.29 is 19.1 Å². The Morgan fingerprint density at radius 2 is 1.93 bits per heavy atom. The lowest BCUT2D eigenvalue weighted by Gasteiger charge is -2.03. The van der Waals surface area contributed by atoms with Crippen LogP contribution in [0.2, 0.25) is 0 Å². The van der Waals surface area contributed by atoms with E-state index in [-0.39, 0.29) is 5.97 Å². The molecule has 0 aromatic rings. The molecule has 0 fully saturated rings. The van der Waals surface area contributed by atoms with Crippen LogP contribution in [0.1, 0.15) is 25.7 Å². The van der Waals surface area contributed by atoms with Crippen LogP contribution in [-0.4, -0.2) is 32.8 Å². The van der Waals surface area contributed by atoms with Gasteiger partial charge in [-0.2, -0.15) is 0 Å². The molecule has 82 valence electrons. The SMILES string of the molecule is CNC(=O)OCCCCCC(=O)OC. The Labute approximate surface area is 83.8 Å². The number of esters is 1. The van der Waals surface area contributed by atoms with Crippen LogP contribution in [-0.2, 0) is 14.3 Å². The Morgan fingerprint density at radius 3 is 2.50 bits per heavy atom. The maximum absolute atomic E-state index is 10.7. The quantitative estimate of drug-likeness (QED) is 0.518. The zero-order chi connectivity index (χ0) is 10.8. The Hall–Kier alpha value is -1.26. The number of hydrogen-bond donors (Lipinski definition) is 1. The Kier molecular flexibility index (Phi) is 7.59. The van der Waals surface area contributed by atoms with E-state index >= 15 is 0 Å². The van der Waals surface area contributed by atoms with Gasteiger partial charge < -0.3 is 14.8 Å². The van der Waals surface area contributed by atoms with Crippen molar-refractivity contribution in [3.05, 3.63) is 0 Å². The number of amides is 1. The summed E-state index contributed by atoms with van der Waals surface area (Å²) in [7, 11) is 2.89. The average Bonchev–Trinajstić information content (AvgIpc) is 2.22. The molecule has 0 saturated heterocycles. The number of hydrogen-bond acceptors (Lipinski definition) is 4. The Bertz CT molecular complexity index is 162. The lowest BCUT2D eigenvalue weighted by molar-refractivity contribution is -0.140. The summed E-state index contributed by atoms with van der Waals surface area (Å²) in [6, 6.07) is 0. The molecule has 1 amide bonds. The Morgan fingerprint density at radius 1 is 1.21 bits per heavy atom. The van der Waals surface area contributed by atoms with Gasteiger partial charge in [-0.05, 0) is 19.3 Å². The van der Waals surface area contributed by atoms with Crippen LogP contribution in [0.25, 0.3) is 0 Å². The first-order chi connectivity index (χ1) is 6.70. The molecule has 0 aromatic carbocycles. The molecule has 0 aromatic heterocycles. The van der Waals surface area contributed by atoms with E-state index in [1.165, 1.54) is 14.2 Å². The van der Waals surface area contributed by atoms with Gasteiger partial charge in [-0.25, -0.2) is 4.79 Å². The van der Waals surface area contributed by atoms with E-state index in [0.29, 0.717) is 13.0 Å². The van der Waals surface area contributed by atoms with Crippen LogP contribution in [0, 0.1) is 0 Å². The first-order valence-corrected chi connectivity index (χ1v) is 4.62. The first kappa shape index (κ1) is 12.7. The summed E-state index contributed by atoms with van der Waals surface area (Å²) in [6.07, 6.45) is 2.40. The summed E-state index contributed by atoms with van der Waals surface area (Å²) >= 11 is 0. The fourth-order valence-corrected chi connectivity index (χ4v) is 0.887. The summed E-state index contributed by atoms with van der Waals surface area (Å²) in [4.78, 5) is 21.3. The van der Waals surface area contributed by atoms with Crippen molar-refractivity contribution in [2.45, 2.75) is 25.7 Å². The highest BCUT2D eigenvalue weighted by Gasteiger charge is 2.00. The highest BCUT2D eigenvalue weighted by molar-refractivity contribution is 5.69. The molecule has 0 heterocycles. The topological polar surface area (TPSA) is 64.6 Å². The number of carbonyl (C=O) groups excluding carboxylic acids is 2. The highest BCUT2D eigenvalue weighted by atomic mass is 16.5. The van der Waals surface area contributed by atoms with E-state index < -0.39 is 6.09 Å². The zero-order valence-corrected chi connectivity index (χ0v) is 8.67. The third-order valence-electron chi connectivity index (χ3n) is 1.69. The summed E-state index contributed by atoms with van der Waals surface area (Å²) in [5.74, 6) is -0.197. The van der Waals surface area contributed by atoms with Crippen molar-refractivity contribution in [1.29, 1.82) is 0 Å². The minimum atomic E-state index is -0.419. The van der Waals surface area contributed by atoms with Gasteiger partial charge in [0, 0.05) is 13.5 Å². The van der Waals surface area contributed by atoms with Gasteiger partial charge in [0.15, 0.2) is 0 Å². The average molecular weight is 203 g/mol. The number of nitrogens with one attached hydrogen (secondary N) is 1. The summed E-state index contributed by atoms with van der Waals surface area (Å²) in [6.45, 7) is 0.390. The van der Waals surface area contributed by atoms with Crippen molar-refractivity contribution in [2.24, 2.45) is 0 Å². The maximum Gasteiger partial charge on any atom is 0.406 e. The number of methoxy groups -OCH3 is 1. The van der Waals surface area contributed by atoms with E-state index in [0.717, 1.165) is 19.3 Å². The molecule has 0 spiro atoms. The summed E-state index contributed by atoms with van der Waals surface area (Å²) in [5, 5.41) is 2.35. The van der Waals surface area contributed by atoms with Crippen LogP contribution < -0.4 is 5.32 Å². The van der Waals surface area contributed by atoms with Gasteiger partial charge in [0.25, 0.3) is 0 Å². The smallest absolute Gasteiger partial charge is 0.406 e. The molecule has 0 aliphatic carbocycles. The standard InChI is InChI=1S/C9H17NO4/c1-10-9(12)14-7-5-3-4-6-8(11)13-2/h3-7H2,1-2H3,(H,10,12). The summed E-state index contributed by atoms with van der Waals surface area (Å²) in [5.41, 5.74) is 0. The van der Waals surface area contributed by atoms with Gasteiger partial charge in [0.2, 0.25) is 0 Å². The molecule has 5 heteroatoms. The number of unbranched alkanes of at least 4 members (excludes halogenated alkanes) is 2. The molecular weight excluding hydrogens is 186 g/mol.